The van der Waals surface area contributed by atoms with Gasteiger partial charge in [0.25, 0.3) is 0 Å². The highest BCUT2D eigenvalue weighted by Crippen LogP contribution is 2.18. The van der Waals surface area contributed by atoms with Crippen LogP contribution in [0.15, 0.2) is 0 Å². The van der Waals surface area contributed by atoms with Gasteiger partial charge in [-0.1, -0.05) is 25.8 Å². The molecule has 1 heterocycles. The third-order valence-corrected chi connectivity index (χ3v) is 3.16. The van der Waals surface area contributed by atoms with E-state index in [0.717, 1.165) is 25.0 Å². The predicted molar refractivity (Wildman–Crippen MR) is 51.7 cm³/mol. The molecule has 0 aliphatic carbocycles. The third kappa shape index (κ3) is 2.36. The zero-order valence-electron chi connectivity index (χ0n) is 7.63. The number of rotatable bonds is 2. The SMILES string of the molecule is CSN1CCNC[C@H]1C(C)C. The van der Waals surface area contributed by atoms with Crippen LogP contribution in [-0.4, -0.2) is 36.2 Å². The molecule has 1 aliphatic rings. The van der Waals surface area contributed by atoms with E-state index < -0.39 is 0 Å². The second kappa shape index (κ2) is 4.33. The van der Waals surface area contributed by atoms with Crippen molar-refractivity contribution in [2.75, 3.05) is 25.9 Å². The summed E-state index contributed by atoms with van der Waals surface area (Å²) in [6, 6.07) is 0.721. The molecule has 0 saturated carbocycles. The average molecular weight is 174 g/mol. The Balaban J connectivity index is 2.44. The van der Waals surface area contributed by atoms with Gasteiger partial charge in [0.15, 0.2) is 0 Å². The van der Waals surface area contributed by atoms with E-state index in [0.29, 0.717) is 0 Å². The minimum absolute atomic E-state index is 0.721. The van der Waals surface area contributed by atoms with Gasteiger partial charge in [0.2, 0.25) is 0 Å². The maximum Gasteiger partial charge on any atom is 0.0350 e. The fraction of sp³-hybridized carbons (Fsp3) is 1.00. The molecule has 1 rings (SSSR count). The van der Waals surface area contributed by atoms with E-state index in [1.54, 1.807) is 0 Å². The first-order valence-electron chi connectivity index (χ1n) is 4.27. The molecule has 11 heavy (non-hydrogen) atoms. The van der Waals surface area contributed by atoms with Crippen LogP contribution in [0.4, 0.5) is 0 Å². The lowest BCUT2D eigenvalue weighted by atomic mass is 10.0. The molecule has 0 aromatic heterocycles. The van der Waals surface area contributed by atoms with Crippen LogP contribution >= 0.6 is 11.9 Å². The summed E-state index contributed by atoms with van der Waals surface area (Å²) in [6.07, 6.45) is 2.17. The molecule has 0 bridgehead atoms. The topological polar surface area (TPSA) is 15.3 Å². The Kier molecular flexibility index (Phi) is 3.69. The second-order valence-corrected chi connectivity index (χ2v) is 4.17. The molecule has 1 saturated heterocycles. The van der Waals surface area contributed by atoms with Crippen molar-refractivity contribution < 1.29 is 0 Å². The molecular weight excluding hydrogens is 156 g/mol. The fourth-order valence-corrected chi connectivity index (χ4v) is 2.36. The second-order valence-electron chi connectivity index (χ2n) is 3.34. The Morgan fingerprint density at radius 2 is 2.27 bits per heavy atom. The standard InChI is InChI=1S/C8H18N2S/c1-7(2)8-6-9-4-5-10(8)11-3/h7-9H,4-6H2,1-3H3/t8-/m0/s1. The fourth-order valence-electron chi connectivity index (χ4n) is 1.50. The van der Waals surface area contributed by atoms with Crippen LogP contribution in [0.3, 0.4) is 0 Å². The monoisotopic (exact) mass is 174 g/mol. The maximum absolute atomic E-state index is 3.43. The normalized spacial score (nSPS) is 27.8. The van der Waals surface area contributed by atoms with Gasteiger partial charge in [0.05, 0.1) is 0 Å². The Labute approximate surface area is 73.9 Å². The summed E-state index contributed by atoms with van der Waals surface area (Å²) in [5, 5.41) is 3.43. The van der Waals surface area contributed by atoms with Gasteiger partial charge in [0, 0.05) is 25.7 Å². The molecule has 2 nitrogen and oxygen atoms in total. The molecule has 0 unspecified atom stereocenters. The van der Waals surface area contributed by atoms with Crippen molar-refractivity contribution in [3.8, 4) is 0 Å². The van der Waals surface area contributed by atoms with Gasteiger partial charge < -0.3 is 5.32 Å². The Morgan fingerprint density at radius 3 is 2.73 bits per heavy atom. The van der Waals surface area contributed by atoms with Crippen molar-refractivity contribution in [1.29, 1.82) is 0 Å². The lowest BCUT2D eigenvalue weighted by Gasteiger charge is -2.36. The molecule has 1 fully saturated rings. The van der Waals surface area contributed by atoms with E-state index in [1.807, 2.05) is 11.9 Å². The van der Waals surface area contributed by atoms with Crippen molar-refractivity contribution in [1.82, 2.24) is 9.62 Å². The Hall–Kier alpha value is 0.270. The molecular formula is C8H18N2S. The number of piperazine rings is 1. The molecule has 3 heteroatoms. The number of nitrogens with one attached hydrogen (secondary N) is 1. The highest BCUT2D eigenvalue weighted by Gasteiger charge is 2.23. The molecule has 66 valence electrons. The maximum atomic E-state index is 3.43. The summed E-state index contributed by atoms with van der Waals surface area (Å²) in [5.74, 6) is 0.759. The van der Waals surface area contributed by atoms with Gasteiger partial charge in [-0.15, -0.1) is 0 Å². The molecule has 1 aliphatic heterocycles. The van der Waals surface area contributed by atoms with Gasteiger partial charge in [-0.05, 0) is 12.2 Å². The number of hydrogen-bond donors (Lipinski definition) is 1. The third-order valence-electron chi connectivity index (χ3n) is 2.24. The van der Waals surface area contributed by atoms with E-state index >= 15 is 0 Å². The quantitative estimate of drug-likeness (QED) is 0.633. The summed E-state index contributed by atoms with van der Waals surface area (Å²) < 4.78 is 2.49. The van der Waals surface area contributed by atoms with Crippen LogP contribution in [-0.2, 0) is 0 Å². The minimum atomic E-state index is 0.721. The Bertz CT molecular complexity index is 117. The summed E-state index contributed by atoms with van der Waals surface area (Å²) in [7, 11) is 0. The van der Waals surface area contributed by atoms with Crippen molar-refractivity contribution in [3.05, 3.63) is 0 Å². The molecule has 0 spiro atoms. The molecule has 0 aromatic rings. The van der Waals surface area contributed by atoms with Crippen molar-refractivity contribution in [3.63, 3.8) is 0 Å². The lowest BCUT2D eigenvalue weighted by Crippen LogP contribution is -2.50. The summed E-state index contributed by atoms with van der Waals surface area (Å²) in [5.41, 5.74) is 0. The van der Waals surface area contributed by atoms with Gasteiger partial charge in [-0.25, -0.2) is 4.31 Å². The van der Waals surface area contributed by atoms with Crippen LogP contribution < -0.4 is 5.32 Å². The summed E-state index contributed by atoms with van der Waals surface area (Å²) in [6.45, 7) is 8.06. The van der Waals surface area contributed by atoms with Crippen LogP contribution in [0.1, 0.15) is 13.8 Å². The van der Waals surface area contributed by atoms with Crippen molar-refractivity contribution in [2.45, 2.75) is 19.9 Å². The molecule has 1 atom stereocenters. The minimum Gasteiger partial charge on any atom is -0.314 e. The van der Waals surface area contributed by atoms with Crippen molar-refractivity contribution in [2.24, 2.45) is 5.92 Å². The van der Waals surface area contributed by atoms with E-state index in [9.17, 15) is 0 Å². The van der Waals surface area contributed by atoms with Crippen LogP contribution in [0, 0.1) is 5.92 Å². The van der Waals surface area contributed by atoms with Gasteiger partial charge in [-0.2, -0.15) is 0 Å². The molecule has 0 aromatic carbocycles. The smallest absolute Gasteiger partial charge is 0.0350 e. The van der Waals surface area contributed by atoms with Crippen molar-refractivity contribution >= 4 is 11.9 Å². The van der Waals surface area contributed by atoms with Crippen LogP contribution in [0.5, 0.6) is 0 Å². The summed E-state index contributed by atoms with van der Waals surface area (Å²) in [4.78, 5) is 0. The average Bonchev–Trinajstić information content (AvgIpc) is 2.04. The lowest BCUT2D eigenvalue weighted by molar-refractivity contribution is 0.235. The van der Waals surface area contributed by atoms with Crippen LogP contribution in [0.25, 0.3) is 0 Å². The molecule has 0 radical (unpaired) electrons. The first kappa shape index (κ1) is 9.36. The number of nitrogens with zero attached hydrogens (tertiary/aromatic N) is 1. The highest BCUT2D eigenvalue weighted by atomic mass is 32.2. The van der Waals surface area contributed by atoms with Gasteiger partial charge in [0.1, 0.15) is 0 Å². The van der Waals surface area contributed by atoms with E-state index in [1.165, 1.54) is 6.54 Å². The first-order valence-corrected chi connectivity index (χ1v) is 5.45. The van der Waals surface area contributed by atoms with E-state index in [-0.39, 0.29) is 0 Å². The summed E-state index contributed by atoms with van der Waals surface area (Å²) >= 11 is 1.88. The molecule has 0 amide bonds. The first-order chi connectivity index (χ1) is 5.25. The van der Waals surface area contributed by atoms with Gasteiger partial charge >= 0.3 is 0 Å². The highest BCUT2D eigenvalue weighted by molar-refractivity contribution is 7.96. The largest absolute Gasteiger partial charge is 0.314 e. The predicted octanol–water partition coefficient (Wildman–Crippen LogP) is 1.19. The zero-order chi connectivity index (χ0) is 8.27. The zero-order valence-corrected chi connectivity index (χ0v) is 8.45. The van der Waals surface area contributed by atoms with E-state index in [4.69, 9.17) is 0 Å². The van der Waals surface area contributed by atoms with Gasteiger partial charge in [-0.3, -0.25) is 0 Å². The molecule has 1 N–H and O–H groups in total. The van der Waals surface area contributed by atoms with E-state index in [2.05, 4.69) is 29.7 Å². The van der Waals surface area contributed by atoms with Crippen LogP contribution in [0.2, 0.25) is 0 Å². The Morgan fingerprint density at radius 1 is 1.55 bits per heavy atom. The number of hydrogen-bond acceptors (Lipinski definition) is 3.